The Hall–Kier alpha value is -1.48. The molecular weight excluding hydrogens is 496 g/mol. The number of ether oxygens (including phenoxy) is 6. The average molecular weight is 518 g/mol. The predicted octanol–water partition coefficient (Wildman–Crippen LogP) is 4.47. The molecule has 0 atom stereocenters. The van der Waals surface area contributed by atoms with Crippen molar-refractivity contribution in [2.45, 2.75) is 0 Å². The monoisotopic (exact) mass is 516 g/mol. The van der Waals surface area contributed by atoms with Gasteiger partial charge in [0.25, 0.3) is 0 Å². The second-order valence-corrected chi connectivity index (χ2v) is 7.49. The summed E-state index contributed by atoms with van der Waals surface area (Å²) in [5, 5.41) is 0. The molecular formula is C20H22Br2O6. The molecule has 0 unspecified atom stereocenters. The summed E-state index contributed by atoms with van der Waals surface area (Å²) in [6.07, 6.45) is 0. The normalized spacial score (nSPS) is 16.6. The number of para-hydroxylation sites is 2. The maximum Gasteiger partial charge on any atom is 0.162 e. The van der Waals surface area contributed by atoms with Crippen LogP contribution in [0.1, 0.15) is 0 Å². The molecule has 0 saturated heterocycles. The number of fused-ring (bicyclic) bond motifs is 2. The molecule has 0 bridgehead atoms. The van der Waals surface area contributed by atoms with Gasteiger partial charge in [-0.05, 0) is 56.1 Å². The summed E-state index contributed by atoms with van der Waals surface area (Å²) in [7, 11) is 0. The number of hydrogen-bond donors (Lipinski definition) is 0. The van der Waals surface area contributed by atoms with Crippen molar-refractivity contribution in [3.8, 4) is 23.0 Å². The lowest BCUT2D eigenvalue weighted by molar-refractivity contribution is 0.0640. The van der Waals surface area contributed by atoms with Crippen LogP contribution < -0.4 is 18.9 Å². The van der Waals surface area contributed by atoms with Gasteiger partial charge in [0.2, 0.25) is 0 Å². The highest BCUT2D eigenvalue weighted by Crippen LogP contribution is 2.36. The van der Waals surface area contributed by atoms with Crippen molar-refractivity contribution in [2.75, 3.05) is 52.9 Å². The van der Waals surface area contributed by atoms with Crippen LogP contribution in [0.2, 0.25) is 0 Å². The van der Waals surface area contributed by atoms with Gasteiger partial charge in [-0.2, -0.15) is 0 Å². The van der Waals surface area contributed by atoms with Gasteiger partial charge in [0.15, 0.2) is 23.0 Å². The molecule has 0 aliphatic carbocycles. The third kappa shape index (κ3) is 6.55. The molecule has 0 spiro atoms. The van der Waals surface area contributed by atoms with Crippen molar-refractivity contribution in [1.82, 2.24) is 0 Å². The number of halogens is 2. The molecule has 0 aromatic heterocycles. The molecule has 8 heteroatoms. The van der Waals surface area contributed by atoms with Gasteiger partial charge in [-0.25, -0.2) is 0 Å². The zero-order chi connectivity index (χ0) is 19.6. The van der Waals surface area contributed by atoms with Crippen molar-refractivity contribution in [2.24, 2.45) is 0 Å². The molecule has 0 saturated carbocycles. The fraction of sp³-hybridized carbons (Fsp3) is 0.400. The van der Waals surface area contributed by atoms with Gasteiger partial charge >= 0.3 is 0 Å². The Kier molecular flexibility index (Phi) is 8.72. The smallest absolute Gasteiger partial charge is 0.162 e. The SMILES string of the molecule is Brc1cc2c(cc1Br)OCCOCCOc1ccccc1OCCOCCO2. The molecule has 1 heterocycles. The third-order valence-corrected chi connectivity index (χ3v) is 5.62. The maximum atomic E-state index is 5.82. The zero-order valence-corrected chi connectivity index (χ0v) is 18.5. The van der Waals surface area contributed by atoms with Crippen LogP contribution in [0.5, 0.6) is 23.0 Å². The van der Waals surface area contributed by atoms with E-state index in [1.54, 1.807) is 0 Å². The summed E-state index contributed by atoms with van der Waals surface area (Å²) in [6.45, 7) is 3.45. The molecule has 152 valence electrons. The fourth-order valence-corrected chi connectivity index (χ4v) is 3.12. The van der Waals surface area contributed by atoms with E-state index in [0.717, 1.165) is 8.95 Å². The van der Waals surface area contributed by atoms with Crippen molar-refractivity contribution < 1.29 is 28.4 Å². The predicted molar refractivity (Wildman–Crippen MR) is 112 cm³/mol. The van der Waals surface area contributed by atoms with E-state index >= 15 is 0 Å². The van der Waals surface area contributed by atoms with Crippen molar-refractivity contribution >= 4 is 31.9 Å². The minimum Gasteiger partial charge on any atom is -0.487 e. The van der Waals surface area contributed by atoms with Gasteiger partial charge in [0, 0.05) is 8.95 Å². The highest BCUT2D eigenvalue weighted by Gasteiger charge is 2.11. The number of hydrogen-bond acceptors (Lipinski definition) is 6. The van der Waals surface area contributed by atoms with Crippen LogP contribution in [-0.2, 0) is 9.47 Å². The molecule has 2 aromatic carbocycles. The van der Waals surface area contributed by atoms with Crippen LogP contribution in [0.3, 0.4) is 0 Å². The van der Waals surface area contributed by atoms with E-state index in [2.05, 4.69) is 31.9 Å². The van der Waals surface area contributed by atoms with Crippen molar-refractivity contribution in [3.05, 3.63) is 45.3 Å². The van der Waals surface area contributed by atoms with Crippen LogP contribution in [-0.4, -0.2) is 52.9 Å². The molecule has 28 heavy (non-hydrogen) atoms. The summed E-state index contributed by atoms with van der Waals surface area (Å²) in [5.41, 5.74) is 0. The Labute approximate surface area is 181 Å². The quantitative estimate of drug-likeness (QED) is 0.513. The van der Waals surface area contributed by atoms with Crippen LogP contribution >= 0.6 is 31.9 Å². The zero-order valence-electron chi connectivity index (χ0n) is 15.3. The van der Waals surface area contributed by atoms with E-state index in [-0.39, 0.29) is 0 Å². The minimum absolute atomic E-state index is 0.403. The van der Waals surface area contributed by atoms with Gasteiger partial charge in [-0.3, -0.25) is 0 Å². The van der Waals surface area contributed by atoms with E-state index < -0.39 is 0 Å². The molecule has 2 aromatic rings. The lowest BCUT2D eigenvalue weighted by Gasteiger charge is -2.16. The van der Waals surface area contributed by atoms with Crippen LogP contribution in [0.15, 0.2) is 45.3 Å². The number of benzene rings is 2. The van der Waals surface area contributed by atoms with Crippen LogP contribution in [0, 0.1) is 0 Å². The Balaban J connectivity index is 1.61. The second-order valence-electron chi connectivity index (χ2n) is 5.78. The molecule has 3 rings (SSSR count). The summed E-state index contributed by atoms with van der Waals surface area (Å²) in [5.74, 6) is 2.67. The first-order valence-electron chi connectivity index (χ1n) is 8.99. The van der Waals surface area contributed by atoms with E-state index in [1.165, 1.54) is 0 Å². The summed E-state index contributed by atoms with van der Waals surface area (Å²) < 4.78 is 36.1. The lowest BCUT2D eigenvalue weighted by Crippen LogP contribution is -2.15. The molecule has 1 aliphatic heterocycles. The van der Waals surface area contributed by atoms with Gasteiger partial charge < -0.3 is 28.4 Å². The van der Waals surface area contributed by atoms with Crippen LogP contribution in [0.25, 0.3) is 0 Å². The summed E-state index contributed by atoms with van der Waals surface area (Å²) in [4.78, 5) is 0. The Morgan fingerprint density at radius 3 is 1.25 bits per heavy atom. The first kappa shape index (κ1) is 21.2. The van der Waals surface area contributed by atoms with Crippen molar-refractivity contribution in [3.63, 3.8) is 0 Å². The lowest BCUT2D eigenvalue weighted by atomic mass is 10.3. The average Bonchev–Trinajstić information content (AvgIpc) is 2.70. The topological polar surface area (TPSA) is 55.4 Å². The van der Waals surface area contributed by atoms with Gasteiger partial charge in [0.05, 0.1) is 26.4 Å². The standard InChI is InChI=1S/C20H22Br2O6/c21-15-13-19-20(14-16(15)22)28-12-8-24-6-10-26-18-4-2-1-3-17(18)25-9-5-23-7-11-27-19/h1-4,13-14H,5-12H2. The first-order chi connectivity index (χ1) is 13.7. The van der Waals surface area contributed by atoms with Gasteiger partial charge in [0.1, 0.15) is 26.4 Å². The molecule has 0 N–H and O–H groups in total. The third-order valence-electron chi connectivity index (χ3n) is 3.78. The Bertz CT molecular complexity index is 693. The second kappa shape index (κ2) is 11.5. The molecule has 0 radical (unpaired) electrons. The molecule has 0 amide bonds. The largest absolute Gasteiger partial charge is 0.487 e. The Morgan fingerprint density at radius 2 is 0.857 bits per heavy atom. The summed E-state index contributed by atoms with van der Waals surface area (Å²) in [6, 6.07) is 11.3. The Morgan fingerprint density at radius 1 is 0.500 bits per heavy atom. The highest BCUT2D eigenvalue weighted by molar-refractivity contribution is 9.13. The van der Waals surface area contributed by atoms with Gasteiger partial charge in [-0.15, -0.1) is 0 Å². The molecule has 1 aliphatic rings. The number of rotatable bonds is 0. The minimum atomic E-state index is 0.403. The highest BCUT2D eigenvalue weighted by atomic mass is 79.9. The van der Waals surface area contributed by atoms with E-state index in [4.69, 9.17) is 28.4 Å². The van der Waals surface area contributed by atoms with E-state index in [1.807, 2.05) is 36.4 Å². The fourth-order valence-electron chi connectivity index (χ4n) is 2.47. The first-order valence-corrected chi connectivity index (χ1v) is 10.6. The van der Waals surface area contributed by atoms with E-state index in [9.17, 15) is 0 Å². The molecule has 6 nitrogen and oxygen atoms in total. The molecule has 0 fully saturated rings. The maximum absolute atomic E-state index is 5.82. The summed E-state index contributed by atoms with van der Waals surface area (Å²) >= 11 is 6.97. The van der Waals surface area contributed by atoms with Gasteiger partial charge in [-0.1, -0.05) is 12.1 Å². The van der Waals surface area contributed by atoms with E-state index in [0.29, 0.717) is 75.9 Å². The van der Waals surface area contributed by atoms with Crippen LogP contribution in [0.4, 0.5) is 0 Å². The van der Waals surface area contributed by atoms with Crippen molar-refractivity contribution in [1.29, 1.82) is 0 Å².